The molecule has 4 aromatic rings. The van der Waals surface area contributed by atoms with Crippen molar-refractivity contribution in [2.75, 3.05) is 0 Å². The largest absolute Gasteiger partial charge is 0.361 e. The summed E-state index contributed by atoms with van der Waals surface area (Å²) in [5, 5.41) is 1.37. The number of aromatic amines is 1. The molecule has 30 heavy (non-hydrogen) atoms. The summed E-state index contributed by atoms with van der Waals surface area (Å²) in [7, 11) is 0. The second-order valence-corrected chi connectivity index (χ2v) is 8.82. The standard InChI is InChI=1S/C29H33N/c1-3-12-26(21-24-22-30-28-18-11-10-17-27(24)28)29(2,25-15-8-5-9-16-25)20-19-23-13-6-4-7-14-23/h4-11,13-18,22,26,30H,3,12,19-21H2,1-2H3. The van der Waals surface area contributed by atoms with E-state index in [4.69, 9.17) is 0 Å². The van der Waals surface area contributed by atoms with E-state index in [-0.39, 0.29) is 5.41 Å². The van der Waals surface area contributed by atoms with E-state index < -0.39 is 0 Å². The first-order valence-electron chi connectivity index (χ1n) is 11.3. The number of rotatable bonds is 9. The summed E-state index contributed by atoms with van der Waals surface area (Å²) in [6.07, 6.45) is 8.06. The quantitative estimate of drug-likeness (QED) is 0.298. The molecule has 0 spiro atoms. The smallest absolute Gasteiger partial charge is 0.0456 e. The fourth-order valence-electron chi connectivity index (χ4n) is 5.01. The Morgan fingerprint density at radius 3 is 2.23 bits per heavy atom. The van der Waals surface area contributed by atoms with E-state index in [9.17, 15) is 0 Å². The molecule has 3 aromatic carbocycles. The average molecular weight is 396 g/mol. The first kappa shape index (κ1) is 20.5. The van der Waals surface area contributed by atoms with Gasteiger partial charge in [0.15, 0.2) is 0 Å². The zero-order valence-electron chi connectivity index (χ0n) is 18.3. The number of aromatic nitrogens is 1. The highest BCUT2D eigenvalue weighted by molar-refractivity contribution is 5.83. The predicted octanol–water partition coefficient (Wildman–Crippen LogP) is 7.72. The summed E-state index contributed by atoms with van der Waals surface area (Å²) in [6.45, 7) is 4.82. The lowest BCUT2D eigenvalue weighted by atomic mass is 9.65. The number of hydrogen-bond acceptors (Lipinski definition) is 0. The molecular formula is C29H33N. The fraction of sp³-hybridized carbons (Fsp3) is 0.310. The minimum absolute atomic E-state index is 0.130. The highest BCUT2D eigenvalue weighted by Gasteiger charge is 2.35. The molecule has 0 aliphatic heterocycles. The van der Waals surface area contributed by atoms with E-state index in [0.717, 1.165) is 19.3 Å². The van der Waals surface area contributed by atoms with Gasteiger partial charge in [-0.05, 0) is 59.8 Å². The lowest BCUT2D eigenvalue weighted by molar-refractivity contribution is 0.252. The molecule has 2 unspecified atom stereocenters. The van der Waals surface area contributed by atoms with Gasteiger partial charge in [-0.3, -0.25) is 0 Å². The lowest BCUT2D eigenvalue weighted by Crippen LogP contribution is -2.34. The Morgan fingerprint density at radius 1 is 0.833 bits per heavy atom. The Kier molecular flexibility index (Phi) is 6.38. The van der Waals surface area contributed by atoms with Crippen molar-refractivity contribution in [1.82, 2.24) is 4.98 Å². The maximum atomic E-state index is 3.48. The topological polar surface area (TPSA) is 15.8 Å². The maximum Gasteiger partial charge on any atom is 0.0456 e. The van der Waals surface area contributed by atoms with E-state index in [1.54, 1.807) is 0 Å². The molecule has 1 heterocycles. The van der Waals surface area contributed by atoms with Gasteiger partial charge in [0.1, 0.15) is 0 Å². The molecule has 0 radical (unpaired) electrons. The Balaban J connectivity index is 1.68. The van der Waals surface area contributed by atoms with E-state index in [0.29, 0.717) is 5.92 Å². The molecule has 0 aliphatic carbocycles. The molecule has 1 N–H and O–H groups in total. The first-order chi connectivity index (χ1) is 14.7. The minimum Gasteiger partial charge on any atom is -0.361 e. The molecule has 4 rings (SSSR count). The van der Waals surface area contributed by atoms with Crippen LogP contribution in [0.1, 0.15) is 49.8 Å². The van der Waals surface area contributed by atoms with Crippen LogP contribution in [0, 0.1) is 5.92 Å². The van der Waals surface area contributed by atoms with E-state index in [1.165, 1.54) is 40.4 Å². The molecule has 0 aliphatic rings. The number of H-pyrrole nitrogens is 1. The molecule has 1 aromatic heterocycles. The third-order valence-corrected chi connectivity index (χ3v) is 6.89. The van der Waals surface area contributed by atoms with Gasteiger partial charge in [-0.15, -0.1) is 0 Å². The van der Waals surface area contributed by atoms with Gasteiger partial charge in [0, 0.05) is 17.1 Å². The maximum absolute atomic E-state index is 3.48. The van der Waals surface area contributed by atoms with E-state index >= 15 is 0 Å². The van der Waals surface area contributed by atoms with Gasteiger partial charge < -0.3 is 4.98 Å². The predicted molar refractivity (Wildman–Crippen MR) is 129 cm³/mol. The SMILES string of the molecule is CCCC(Cc1c[nH]c2ccccc12)C(C)(CCc1ccccc1)c1ccccc1. The molecule has 0 fully saturated rings. The lowest BCUT2D eigenvalue weighted by Gasteiger charge is -2.39. The van der Waals surface area contributed by atoms with Gasteiger partial charge >= 0.3 is 0 Å². The second kappa shape index (κ2) is 9.34. The van der Waals surface area contributed by atoms with Gasteiger partial charge in [-0.2, -0.15) is 0 Å². The molecule has 0 bridgehead atoms. The Hall–Kier alpha value is -2.80. The zero-order valence-corrected chi connectivity index (χ0v) is 18.3. The number of para-hydroxylation sites is 1. The van der Waals surface area contributed by atoms with Crippen LogP contribution in [0.4, 0.5) is 0 Å². The number of hydrogen-bond donors (Lipinski definition) is 1. The van der Waals surface area contributed by atoms with Crippen molar-refractivity contribution in [3.05, 3.63) is 108 Å². The van der Waals surface area contributed by atoms with Gasteiger partial charge in [0.25, 0.3) is 0 Å². The number of benzene rings is 3. The summed E-state index contributed by atoms with van der Waals surface area (Å²) in [6, 6.07) is 30.9. The van der Waals surface area contributed by atoms with Crippen LogP contribution in [0.25, 0.3) is 10.9 Å². The summed E-state index contributed by atoms with van der Waals surface area (Å²) in [5.74, 6) is 0.591. The van der Waals surface area contributed by atoms with Crippen molar-refractivity contribution in [3.63, 3.8) is 0 Å². The molecule has 1 heteroatoms. The minimum atomic E-state index is 0.130. The molecule has 1 nitrogen and oxygen atoms in total. The molecular weight excluding hydrogens is 362 g/mol. The molecule has 154 valence electrons. The Labute approximate surface area is 181 Å². The monoisotopic (exact) mass is 395 g/mol. The number of fused-ring (bicyclic) bond motifs is 1. The van der Waals surface area contributed by atoms with Crippen LogP contribution in [0.3, 0.4) is 0 Å². The highest BCUT2D eigenvalue weighted by atomic mass is 14.7. The average Bonchev–Trinajstić information content (AvgIpc) is 3.21. The van der Waals surface area contributed by atoms with Gasteiger partial charge in [-0.25, -0.2) is 0 Å². The molecule has 0 saturated heterocycles. The van der Waals surface area contributed by atoms with Crippen LogP contribution in [-0.4, -0.2) is 4.98 Å². The van der Waals surface area contributed by atoms with Crippen molar-refractivity contribution >= 4 is 10.9 Å². The summed E-state index contributed by atoms with van der Waals surface area (Å²) in [5.41, 5.74) is 5.73. The van der Waals surface area contributed by atoms with Gasteiger partial charge in [0.2, 0.25) is 0 Å². The summed E-state index contributed by atoms with van der Waals surface area (Å²) in [4.78, 5) is 3.48. The third-order valence-electron chi connectivity index (χ3n) is 6.89. The van der Waals surface area contributed by atoms with E-state index in [1.807, 2.05) is 0 Å². The summed E-state index contributed by atoms with van der Waals surface area (Å²) >= 11 is 0. The first-order valence-corrected chi connectivity index (χ1v) is 11.3. The zero-order chi connectivity index (χ0) is 20.8. The molecule has 2 atom stereocenters. The summed E-state index contributed by atoms with van der Waals surface area (Å²) < 4.78 is 0. The fourth-order valence-corrected chi connectivity index (χ4v) is 5.01. The Bertz CT molecular complexity index is 1050. The van der Waals surface area contributed by atoms with Crippen LogP contribution in [0.2, 0.25) is 0 Å². The van der Waals surface area contributed by atoms with Crippen molar-refractivity contribution in [2.24, 2.45) is 5.92 Å². The van der Waals surface area contributed by atoms with Crippen molar-refractivity contribution < 1.29 is 0 Å². The van der Waals surface area contributed by atoms with Crippen molar-refractivity contribution in [3.8, 4) is 0 Å². The third kappa shape index (κ3) is 4.36. The highest BCUT2D eigenvalue weighted by Crippen LogP contribution is 2.41. The second-order valence-electron chi connectivity index (χ2n) is 8.82. The normalized spacial score (nSPS) is 14.5. The number of aryl methyl sites for hydroxylation is 1. The van der Waals surface area contributed by atoms with Crippen molar-refractivity contribution in [1.29, 1.82) is 0 Å². The van der Waals surface area contributed by atoms with Crippen molar-refractivity contribution in [2.45, 2.75) is 51.4 Å². The van der Waals surface area contributed by atoms with Crippen LogP contribution >= 0.6 is 0 Å². The van der Waals surface area contributed by atoms with Gasteiger partial charge in [-0.1, -0.05) is 99.1 Å². The van der Waals surface area contributed by atoms with Crippen LogP contribution in [0.5, 0.6) is 0 Å². The number of nitrogens with one attached hydrogen (secondary N) is 1. The van der Waals surface area contributed by atoms with Crippen LogP contribution in [0.15, 0.2) is 91.1 Å². The Morgan fingerprint density at radius 2 is 1.50 bits per heavy atom. The van der Waals surface area contributed by atoms with Crippen LogP contribution in [-0.2, 0) is 18.3 Å². The van der Waals surface area contributed by atoms with Crippen LogP contribution < -0.4 is 0 Å². The van der Waals surface area contributed by atoms with E-state index in [2.05, 4.69) is 110 Å². The van der Waals surface area contributed by atoms with Gasteiger partial charge in [0.05, 0.1) is 0 Å². The molecule has 0 saturated carbocycles. The molecule has 0 amide bonds.